The number of amides is 1. The molecule has 0 aromatic carbocycles. The highest BCUT2D eigenvalue weighted by atomic mass is 35.5. The van der Waals surface area contributed by atoms with Crippen LogP contribution >= 0.6 is 11.6 Å². The summed E-state index contributed by atoms with van der Waals surface area (Å²) in [7, 11) is 0. The van der Waals surface area contributed by atoms with Crippen LogP contribution in [-0.2, 0) is 4.79 Å². The van der Waals surface area contributed by atoms with Gasteiger partial charge in [0.2, 0.25) is 5.91 Å². The van der Waals surface area contributed by atoms with Gasteiger partial charge < -0.3 is 22.5 Å². The summed E-state index contributed by atoms with van der Waals surface area (Å²) in [5.41, 5.74) is 18.7. The van der Waals surface area contributed by atoms with Crippen LogP contribution in [0.25, 0.3) is 0 Å². The monoisotopic (exact) mass is 312 g/mol. The van der Waals surface area contributed by atoms with Crippen LogP contribution in [0.4, 0.5) is 4.39 Å². The number of nitrogens with one attached hydrogen (secondary N) is 1. The van der Waals surface area contributed by atoms with Crippen molar-refractivity contribution in [3.05, 3.63) is 45.7 Å². The van der Waals surface area contributed by atoms with Crippen LogP contribution in [-0.4, -0.2) is 12.5 Å². The SMILES string of the molecule is N/C(=C\C(N)=C(/N)C1CNC(=O)C1)C1=C(F)CCC(Cl)=C1. The molecule has 2 aliphatic rings. The third-order valence-corrected chi connectivity index (χ3v) is 3.85. The summed E-state index contributed by atoms with van der Waals surface area (Å²) in [6, 6.07) is 0. The lowest BCUT2D eigenvalue weighted by Gasteiger charge is -2.14. The van der Waals surface area contributed by atoms with Gasteiger partial charge in [-0.25, -0.2) is 4.39 Å². The molecule has 1 unspecified atom stereocenters. The molecule has 0 aromatic rings. The fourth-order valence-corrected chi connectivity index (χ4v) is 2.50. The number of carbonyl (C=O) groups is 1. The Labute approximate surface area is 127 Å². The highest BCUT2D eigenvalue weighted by Crippen LogP contribution is 2.30. The lowest BCUT2D eigenvalue weighted by atomic mass is 10.00. The Morgan fingerprint density at radius 2 is 2.10 bits per heavy atom. The molecule has 21 heavy (non-hydrogen) atoms. The van der Waals surface area contributed by atoms with Gasteiger partial charge in [-0.15, -0.1) is 0 Å². The highest BCUT2D eigenvalue weighted by Gasteiger charge is 2.24. The molecule has 1 atom stereocenters. The van der Waals surface area contributed by atoms with Crippen molar-refractivity contribution in [2.75, 3.05) is 6.54 Å². The number of carbonyl (C=O) groups excluding carboxylic acids is 1. The van der Waals surface area contributed by atoms with Crippen LogP contribution in [0.2, 0.25) is 0 Å². The van der Waals surface area contributed by atoms with Gasteiger partial charge in [0.1, 0.15) is 5.83 Å². The van der Waals surface area contributed by atoms with Gasteiger partial charge in [-0.2, -0.15) is 0 Å². The number of rotatable bonds is 3. The van der Waals surface area contributed by atoms with E-state index in [9.17, 15) is 9.18 Å². The van der Waals surface area contributed by atoms with E-state index in [1.807, 2.05) is 0 Å². The Morgan fingerprint density at radius 3 is 2.71 bits per heavy atom. The third kappa shape index (κ3) is 3.58. The lowest BCUT2D eigenvalue weighted by Crippen LogP contribution is -2.20. The summed E-state index contributed by atoms with van der Waals surface area (Å²) < 4.78 is 13.8. The van der Waals surface area contributed by atoms with Gasteiger partial charge in [0.25, 0.3) is 0 Å². The highest BCUT2D eigenvalue weighted by molar-refractivity contribution is 6.29. The fraction of sp³-hybridized carbons (Fsp3) is 0.357. The molecule has 1 heterocycles. The molecule has 2 rings (SSSR count). The van der Waals surface area contributed by atoms with E-state index in [1.165, 1.54) is 12.2 Å². The van der Waals surface area contributed by atoms with Crippen molar-refractivity contribution in [3.63, 3.8) is 0 Å². The molecule has 0 bridgehead atoms. The number of hydrogen-bond donors (Lipinski definition) is 4. The first kappa shape index (κ1) is 15.4. The van der Waals surface area contributed by atoms with Crippen LogP contribution in [0.5, 0.6) is 0 Å². The molecule has 0 aromatic heterocycles. The summed E-state index contributed by atoms with van der Waals surface area (Å²) in [6.45, 7) is 0.446. The van der Waals surface area contributed by atoms with Crippen LogP contribution in [0.15, 0.2) is 45.7 Å². The molecule has 0 radical (unpaired) electrons. The summed E-state index contributed by atoms with van der Waals surface area (Å²) in [6.07, 6.45) is 3.89. The van der Waals surface area contributed by atoms with Crippen LogP contribution in [0, 0.1) is 5.92 Å². The van der Waals surface area contributed by atoms with Gasteiger partial charge in [0, 0.05) is 47.3 Å². The van der Waals surface area contributed by atoms with E-state index in [2.05, 4.69) is 5.32 Å². The van der Waals surface area contributed by atoms with Crippen molar-refractivity contribution in [1.82, 2.24) is 5.32 Å². The van der Waals surface area contributed by atoms with E-state index >= 15 is 0 Å². The van der Waals surface area contributed by atoms with Gasteiger partial charge in [-0.3, -0.25) is 4.79 Å². The van der Waals surface area contributed by atoms with Gasteiger partial charge >= 0.3 is 0 Å². The Morgan fingerprint density at radius 1 is 1.38 bits per heavy atom. The first-order chi connectivity index (χ1) is 9.88. The lowest BCUT2D eigenvalue weighted by molar-refractivity contribution is -0.119. The van der Waals surface area contributed by atoms with Crippen LogP contribution < -0.4 is 22.5 Å². The predicted octanol–water partition coefficient (Wildman–Crippen LogP) is 1.23. The van der Waals surface area contributed by atoms with Crippen molar-refractivity contribution in [3.8, 4) is 0 Å². The molecule has 0 saturated carbocycles. The molecular weight excluding hydrogens is 295 g/mol. The second-order valence-corrected chi connectivity index (χ2v) is 5.61. The summed E-state index contributed by atoms with van der Waals surface area (Å²) >= 11 is 5.90. The second kappa shape index (κ2) is 6.22. The van der Waals surface area contributed by atoms with Crippen molar-refractivity contribution in [2.24, 2.45) is 23.1 Å². The van der Waals surface area contributed by atoms with Crippen LogP contribution in [0.3, 0.4) is 0 Å². The molecule has 7 N–H and O–H groups in total. The smallest absolute Gasteiger partial charge is 0.220 e. The minimum absolute atomic E-state index is 0.0663. The molecule has 1 fully saturated rings. The zero-order chi connectivity index (χ0) is 15.6. The largest absolute Gasteiger partial charge is 0.400 e. The number of nitrogens with two attached hydrogens (primary N) is 3. The average Bonchev–Trinajstić information content (AvgIpc) is 2.87. The summed E-state index contributed by atoms with van der Waals surface area (Å²) in [5, 5.41) is 3.22. The molecule has 1 saturated heterocycles. The molecule has 0 spiro atoms. The molecule has 1 amide bonds. The summed E-state index contributed by atoms with van der Waals surface area (Å²) in [5.74, 6) is -0.549. The molecule has 1 aliphatic heterocycles. The fourth-order valence-electron chi connectivity index (χ4n) is 2.30. The maximum atomic E-state index is 13.8. The predicted molar refractivity (Wildman–Crippen MR) is 80.1 cm³/mol. The minimum Gasteiger partial charge on any atom is -0.400 e. The molecule has 1 aliphatic carbocycles. The summed E-state index contributed by atoms with van der Waals surface area (Å²) in [4.78, 5) is 11.2. The average molecular weight is 313 g/mol. The van der Waals surface area contributed by atoms with Crippen molar-refractivity contribution >= 4 is 17.5 Å². The second-order valence-electron chi connectivity index (χ2n) is 5.13. The molecular formula is C14H18ClFN4O. The van der Waals surface area contributed by atoms with Gasteiger partial charge in [-0.05, 0) is 18.6 Å². The Balaban J connectivity index is 2.23. The zero-order valence-corrected chi connectivity index (χ0v) is 12.2. The maximum Gasteiger partial charge on any atom is 0.220 e. The van der Waals surface area contributed by atoms with Gasteiger partial charge in [0.15, 0.2) is 0 Å². The van der Waals surface area contributed by atoms with Gasteiger partial charge in [0.05, 0.1) is 5.70 Å². The van der Waals surface area contributed by atoms with E-state index in [4.69, 9.17) is 28.8 Å². The Hall–Kier alpha value is -1.95. The quantitative estimate of drug-likeness (QED) is 0.588. The van der Waals surface area contributed by atoms with Gasteiger partial charge in [-0.1, -0.05) is 11.6 Å². The molecule has 7 heteroatoms. The Bertz CT molecular complexity index is 592. The minimum atomic E-state index is -0.322. The maximum absolute atomic E-state index is 13.8. The van der Waals surface area contributed by atoms with E-state index in [0.29, 0.717) is 30.1 Å². The number of halogens is 2. The normalized spacial score (nSPS) is 24.7. The van der Waals surface area contributed by atoms with Crippen molar-refractivity contribution in [1.29, 1.82) is 0 Å². The first-order valence-electron chi connectivity index (χ1n) is 6.62. The first-order valence-corrected chi connectivity index (χ1v) is 7.00. The van der Waals surface area contributed by atoms with E-state index in [-0.39, 0.29) is 41.0 Å². The van der Waals surface area contributed by atoms with Crippen molar-refractivity contribution < 1.29 is 9.18 Å². The topological polar surface area (TPSA) is 107 Å². The number of allylic oxidation sites excluding steroid dienone is 4. The van der Waals surface area contributed by atoms with E-state index < -0.39 is 0 Å². The van der Waals surface area contributed by atoms with Crippen LogP contribution in [0.1, 0.15) is 19.3 Å². The zero-order valence-electron chi connectivity index (χ0n) is 11.5. The Kier molecular flexibility index (Phi) is 4.57. The standard InChI is InChI=1S/C14H18ClFN4O/c15-8-1-2-10(16)9(4-8)11(17)5-12(18)14(19)7-3-13(21)20-6-7/h4-5,7H,1-3,6,17-19H2,(H,20,21)/b11-5-,14-12+. The van der Waals surface area contributed by atoms with E-state index in [1.54, 1.807) is 0 Å². The molecule has 5 nitrogen and oxygen atoms in total. The third-order valence-electron chi connectivity index (χ3n) is 3.55. The molecule has 114 valence electrons. The van der Waals surface area contributed by atoms with E-state index in [0.717, 1.165) is 0 Å². The van der Waals surface area contributed by atoms with Crippen molar-refractivity contribution in [2.45, 2.75) is 19.3 Å². The number of hydrogen-bond acceptors (Lipinski definition) is 4.